The fourth-order valence-corrected chi connectivity index (χ4v) is 2.87. The number of nitrogens with two attached hydrogens (primary N) is 1. The Balaban J connectivity index is 1.79. The first-order chi connectivity index (χ1) is 9.19. The van der Waals surface area contributed by atoms with Crippen molar-refractivity contribution in [2.75, 3.05) is 13.6 Å². The van der Waals surface area contributed by atoms with Gasteiger partial charge in [0.2, 0.25) is 0 Å². The lowest BCUT2D eigenvalue weighted by atomic mass is 10.1. The topological polar surface area (TPSA) is 46.6 Å². The zero-order chi connectivity index (χ0) is 13.4. The lowest BCUT2D eigenvalue weighted by molar-refractivity contribution is 0.213. The highest BCUT2D eigenvalue weighted by atomic mass is 15.2. The van der Waals surface area contributed by atoms with Gasteiger partial charge in [-0.3, -0.25) is 4.90 Å². The van der Waals surface area contributed by atoms with Crippen LogP contribution in [0.1, 0.15) is 24.1 Å². The molecule has 0 aromatic carbocycles. The molecule has 1 fully saturated rings. The molecular formula is C15H22N4. The van der Waals surface area contributed by atoms with Crippen LogP contribution in [0, 0.1) is 12.8 Å². The fraction of sp³-hybridized carbons (Fsp3) is 0.533. The molecule has 1 aliphatic rings. The highest BCUT2D eigenvalue weighted by molar-refractivity contribution is 5.47. The van der Waals surface area contributed by atoms with Crippen molar-refractivity contribution in [3.63, 3.8) is 0 Å². The van der Waals surface area contributed by atoms with Crippen LogP contribution in [0.5, 0.6) is 0 Å². The van der Waals surface area contributed by atoms with Gasteiger partial charge in [-0.15, -0.1) is 0 Å². The molecule has 4 nitrogen and oxygen atoms in total. The Bertz CT molecular complexity index is 571. The van der Waals surface area contributed by atoms with Crippen molar-refractivity contribution in [2.45, 2.75) is 32.4 Å². The third-order valence-electron chi connectivity index (χ3n) is 4.11. The van der Waals surface area contributed by atoms with Gasteiger partial charge < -0.3 is 10.1 Å². The zero-order valence-corrected chi connectivity index (χ0v) is 11.7. The smallest absolute Gasteiger partial charge is 0.139 e. The molecule has 1 atom stereocenters. The Hall–Kier alpha value is -1.39. The van der Waals surface area contributed by atoms with Crippen molar-refractivity contribution < 1.29 is 0 Å². The van der Waals surface area contributed by atoms with Gasteiger partial charge in [-0.05, 0) is 44.4 Å². The second kappa shape index (κ2) is 4.94. The van der Waals surface area contributed by atoms with Crippen molar-refractivity contribution in [3.05, 3.63) is 35.8 Å². The van der Waals surface area contributed by atoms with Gasteiger partial charge in [-0.2, -0.15) is 0 Å². The van der Waals surface area contributed by atoms with Gasteiger partial charge >= 0.3 is 0 Å². The summed E-state index contributed by atoms with van der Waals surface area (Å²) in [4.78, 5) is 7.09. The number of likely N-dealkylation sites (N-methyl/N-ethyl adjacent to an activating group) is 1. The highest BCUT2D eigenvalue weighted by Gasteiger charge is 2.32. The van der Waals surface area contributed by atoms with E-state index in [0.29, 0.717) is 6.04 Å². The molecule has 1 unspecified atom stereocenters. The van der Waals surface area contributed by atoms with Crippen molar-refractivity contribution in [1.29, 1.82) is 0 Å². The lowest BCUT2D eigenvalue weighted by Gasteiger charge is -2.26. The van der Waals surface area contributed by atoms with Gasteiger partial charge in [0, 0.05) is 31.5 Å². The number of fused-ring (bicyclic) bond motifs is 1. The third-order valence-corrected chi connectivity index (χ3v) is 4.11. The monoisotopic (exact) mass is 258 g/mol. The van der Waals surface area contributed by atoms with Crippen LogP contribution in [-0.2, 0) is 6.54 Å². The molecule has 0 bridgehead atoms. The molecule has 19 heavy (non-hydrogen) atoms. The number of hydrogen-bond donors (Lipinski definition) is 1. The van der Waals surface area contributed by atoms with Crippen molar-refractivity contribution >= 4 is 5.65 Å². The summed E-state index contributed by atoms with van der Waals surface area (Å²) in [6.45, 7) is 3.72. The van der Waals surface area contributed by atoms with Crippen LogP contribution in [0.2, 0.25) is 0 Å². The number of rotatable bonds is 5. The summed E-state index contributed by atoms with van der Waals surface area (Å²) in [5.41, 5.74) is 9.30. The largest absolute Gasteiger partial charge is 0.329 e. The van der Waals surface area contributed by atoms with Gasteiger partial charge in [0.1, 0.15) is 5.65 Å². The molecule has 1 aliphatic carbocycles. The fourth-order valence-electron chi connectivity index (χ4n) is 2.87. The molecule has 2 aromatic heterocycles. The Kier molecular flexibility index (Phi) is 3.29. The van der Waals surface area contributed by atoms with Crippen molar-refractivity contribution in [3.8, 4) is 0 Å². The Morgan fingerprint density at radius 1 is 1.53 bits per heavy atom. The van der Waals surface area contributed by atoms with Crippen LogP contribution >= 0.6 is 0 Å². The number of nitrogens with zero attached hydrogens (tertiary/aromatic N) is 3. The maximum absolute atomic E-state index is 5.90. The summed E-state index contributed by atoms with van der Waals surface area (Å²) < 4.78 is 2.10. The van der Waals surface area contributed by atoms with E-state index in [1.165, 1.54) is 18.4 Å². The van der Waals surface area contributed by atoms with Crippen molar-refractivity contribution in [2.24, 2.45) is 11.7 Å². The van der Waals surface area contributed by atoms with Crippen molar-refractivity contribution in [1.82, 2.24) is 14.3 Å². The Morgan fingerprint density at radius 3 is 2.95 bits per heavy atom. The molecule has 3 rings (SSSR count). The van der Waals surface area contributed by atoms with Crippen LogP contribution in [0.4, 0.5) is 0 Å². The summed E-state index contributed by atoms with van der Waals surface area (Å²) in [7, 11) is 2.16. The minimum atomic E-state index is 0.505. The molecule has 2 heterocycles. The first-order valence-electron chi connectivity index (χ1n) is 7.02. The minimum Gasteiger partial charge on any atom is -0.329 e. The van der Waals surface area contributed by atoms with Gasteiger partial charge in [-0.1, -0.05) is 6.07 Å². The summed E-state index contributed by atoms with van der Waals surface area (Å²) in [5, 5.41) is 0. The molecule has 0 spiro atoms. The maximum Gasteiger partial charge on any atom is 0.139 e. The average Bonchev–Trinajstić information content (AvgIpc) is 3.11. The molecule has 0 aliphatic heterocycles. The first-order valence-corrected chi connectivity index (χ1v) is 7.02. The Morgan fingerprint density at radius 2 is 2.32 bits per heavy atom. The van der Waals surface area contributed by atoms with E-state index in [9.17, 15) is 0 Å². The summed E-state index contributed by atoms with van der Waals surface area (Å²) in [6.07, 6.45) is 6.84. The minimum absolute atomic E-state index is 0.505. The molecule has 0 amide bonds. The normalized spacial score (nSPS) is 17.3. The van der Waals surface area contributed by atoms with E-state index in [0.717, 1.165) is 30.3 Å². The van der Waals surface area contributed by atoms with E-state index in [1.54, 1.807) is 0 Å². The highest BCUT2D eigenvalue weighted by Crippen LogP contribution is 2.34. The van der Waals surface area contributed by atoms with Gasteiger partial charge in [0.15, 0.2) is 0 Å². The van der Waals surface area contributed by atoms with E-state index in [2.05, 4.69) is 47.8 Å². The number of hydrogen-bond acceptors (Lipinski definition) is 3. The van der Waals surface area contributed by atoms with E-state index in [-0.39, 0.29) is 0 Å². The lowest BCUT2D eigenvalue weighted by Crippen LogP contribution is -2.39. The molecule has 2 aromatic rings. The second-order valence-corrected chi connectivity index (χ2v) is 5.71. The standard InChI is InChI=1S/C15H22N4/c1-11-4-3-7-19-10-13(17-15(11)19)9-18(2)14(8-16)12-5-6-12/h3-4,7,10,12,14H,5-6,8-9,16H2,1-2H3. The van der Waals surface area contributed by atoms with Gasteiger partial charge in [-0.25, -0.2) is 4.98 Å². The third kappa shape index (κ3) is 2.51. The predicted molar refractivity (Wildman–Crippen MR) is 77.0 cm³/mol. The van der Waals surface area contributed by atoms with Crippen LogP contribution in [-0.4, -0.2) is 33.9 Å². The molecule has 0 radical (unpaired) electrons. The Labute approximate surface area is 114 Å². The molecule has 4 heteroatoms. The van der Waals surface area contributed by atoms with E-state index >= 15 is 0 Å². The molecule has 1 saturated carbocycles. The van der Waals surface area contributed by atoms with Crippen LogP contribution in [0.25, 0.3) is 5.65 Å². The molecule has 2 N–H and O–H groups in total. The number of pyridine rings is 1. The van der Waals surface area contributed by atoms with E-state index < -0.39 is 0 Å². The second-order valence-electron chi connectivity index (χ2n) is 5.71. The summed E-state index contributed by atoms with van der Waals surface area (Å²) >= 11 is 0. The van der Waals surface area contributed by atoms with Crippen LogP contribution < -0.4 is 5.73 Å². The molecule has 0 saturated heterocycles. The molecular weight excluding hydrogens is 236 g/mol. The van der Waals surface area contributed by atoms with Crippen LogP contribution in [0.3, 0.4) is 0 Å². The zero-order valence-electron chi connectivity index (χ0n) is 11.7. The summed E-state index contributed by atoms with van der Waals surface area (Å²) in [5.74, 6) is 0.800. The predicted octanol–water partition coefficient (Wildman–Crippen LogP) is 1.81. The maximum atomic E-state index is 5.90. The van der Waals surface area contributed by atoms with Crippen LogP contribution in [0.15, 0.2) is 24.5 Å². The van der Waals surface area contributed by atoms with Gasteiger partial charge in [0.25, 0.3) is 0 Å². The summed E-state index contributed by atoms with van der Waals surface area (Å²) in [6, 6.07) is 4.67. The first kappa shape index (κ1) is 12.6. The number of aryl methyl sites for hydroxylation is 1. The molecule has 102 valence electrons. The average molecular weight is 258 g/mol. The number of imidazole rings is 1. The van der Waals surface area contributed by atoms with E-state index in [1.807, 2.05) is 0 Å². The SMILES string of the molecule is Cc1cccn2cc(CN(C)C(CN)C3CC3)nc12. The van der Waals surface area contributed by atoms with E-state index in [4.69, 9.17) is 10.7 Å². The van der Waals surface area contributed by atoms with Gasteiger partial charge in [0.05, 0.1) is 5.69 Å². The quantitative estimate of drug-likeness (QED) is 0.889. The number of aromatic nitrogens is 2.